The summed E-state index contributed by atoms with van der Waals surface area (Å²) in [5.41, 5.74) is 2.62. The lowest BCUT2D eigenvalue weighted by molar-refractivity contribution is 0.0636. The van der Waals surface area contributed by atoms with E-state index in [1.165, 1.54) is 11.1 Å². The van der Waals surface area contributed by atoms with Crippen LogP contribution in [0, 0.1) is 0 Å². The molecule has 0 aliphatic carbocycles. The van der Waals surface area contributed by atoms with E-state index in [4.69, 9.17) is 4.74 Å². The van der Waals surface area contributed by atoms with Crippen molar-refractivity contribution < 1.29 is 9.53 Å². The van der Waals surface area contributed by atoms with E-state index in [1.807, 2.05) is 69.2 Å². The lowest BCUT2D eigenvalue weighted by Crippen LogP contribution is -2.38. The minimum atomic E-state index is -0.514. The molecule has 2 aromatic rings. The molecule has 32 heavy (non-hydrogen) atoms. The normalized spacial score (nSPS) is 11.5. The average molecular weight is 556 g/mol. The summed E-state index contributed by atoms with van der Waals surface area (Å²) in [6.07, 6.45) is 6.31. The van der Waals surface area contributed by atoms with Crippen molar-refractivity contribution in [2.24, 2.45) is 12.0 Å². The number of halogens is 1. The summed E-state index contributed by atoms with van der Waals surface area (Å²) in [5.74, 6) is 0.830. The van der Waals surface area contributed by atoms with Gasteiger partial charge in [0.05, 0.1) is 6.20 Å². The third-order valence-electron chi connectivity index (χ3n) is 4.30. The summed E-state index contributed by atoms with van der Waals surface area (Å²) >= 11 is 0. The molecule has 0 bridgehead atoms. The lowest BCUT2D eigenvalue weighted by atomic mass is 10.1. The van der Waals surface area contributed by atoms with Crippen LogP contribution in [-0.4, -0.2) is 47.1 Å². The van der Waals surface area contributed by atoms with Crippen molar-refractivity contribution in [3.8, 4) is 0 Å². The third kappa shape index (κ3) is 11.4. The molecule has 0 radical (unpaired) electrons. The van der Waals surface area contributed by atoms with Crippen molar-refractivity contribution in [1.82, 2.24) is 20.4 Å². The molecule has 1 aromatic carbocycles. The first-order chi connectivity index (χ1) is 14.7. The van der Waals surface area contributed by atoms with E-state index in [1.54, 1.807) is 0 Å². The first-order valence-electron chi connectivity index (χ1n) is 10.8. The zero-order chi connectivity index (χ0) is 22.7. The molecule has 0 fully saturated rings. The van der Waals surface area contributed by atoms with Gasteiger partial charge < -0.3 is 15.4 Å². The van der Waals surface area contributed by atoms with Gasteiger partial charge in [0.25, 0.3) is 0 Å². The van der Waals surface area contributed by atoms with Gasteiger partial charge in [0.2, 0.25) is 0 Å². The van der Waals surface area contributed by atoms with Gasteiger partial charge in [-0.15, -0.1) is 24.0 Å². The number of rotatable bonds is 9. The molecular weight excluding hydrogens is 519 g/mol. The summed E-state index contributed by atoms with van der Waals surface area (Å²) in [5, 5.41) is 13.6. The maximum Gasteiger partial charge on any atom is 0.412 e. The molecule has 0 saturated heterocycles. The van der Waals surface area contributed by atoms with Gasteiger partial charge in [-0.1, -0.05) is 12.1 Å². The van der Waals surface area contributed by atoms with Crippen LogP contribution in [0.1, 0.15) is 45.2 Å². The second kappa shape index (κ2) is 14.0. The number of amides is 1. The van der Waals surface area contributed by atoms with E-state index < -0.39 is 11.7 Å². The number of aryl methyl sites for hydroxylation is 2. The fourth-order valence-electron chi connectivity index (χ4n) is 2.92. The number of nitrogens with zero attached hydrogens (tertiary/aromatic N) is 3. The van der Waals surface area contributed by atoms with Gasteiger partial charge in [-0.25, -0.2) is 4.79 Å². The van der Waals surface area contributed by atoms with Gasteiger partial charge in [0.1, 0.15) is 5.60 Å². The summed E-state index contributed by atoms with van der Waals surface area (Å²) in [4.78, 5) is 16.5. The number of anilines is 1. The van der Waals surface area contributed by atoms with Gasteiger partial charge in [0.15, 0.2) is 5.96 Å². The van der Waals surface area contributed by atoms with Crippen LogP contribution in [0.15, 0.2) is 41.7 Å². The lowest BCUT2D eigenvalue weighted by Gasteiger charge is -2.19. The molecule has 0 aliphatic rings. The minimum Gasteiger partial charge on any atom is -0.444 e. The fraction of sp³-hybridized carbons (Fsp3) is 0.522. The molecular formula is C23H37IN6O2. The zero-order valence-corrected chi connectivity index (χ0v) is 22.1. The zero-order valence-electron chi connectivity index (χ0n) is 19.8. The van der Waals surface area contributed by atoms with Gasteiger partial charge in [0, 0.05) is 38.6 Å². The Morgan fingerprint density at radius 3 is 2.44 bits per heavy atom. The molecule has 9 heteroatoms. The van der Waals surface area contributed by atoms with E-state index in [-0.39, 0.29) is 24.0 Å². The number of carbonyl (C=O) groups excluding carboxylic acids is 1. The monoisotopic (exact) mass is 556 g/mol. The highest BCUT2D eigenvalue weighted by atomic mass is 127. The molecule has 8 nitrogen and oxygen atoms in total. The minimum absolute atomic E-state index is 0. The topological polar surface area (TPSA) is 92.6 Å². The first-order valence-corrected chi connectivity index (χ1v) is 10.8. The number of hydrogen-bond acceptors (Lipinski definition) is 4. The predicted octanol–water partition coefficient (Wildman–Crippen LogP) is 4.12. The SMILES string of the molecule is CCNC(=NCCCc1cnn(C)c1)NCCc1ccc(NC(=O)OC(C)(C)C)cc1.I. The van der Waals surface area contributed by atoms with Crippen LogP contribution in [0.3, 0.4) is 0 Å². The van der Waals surface area contributed by atoms with Gasteiger partial charge >= 0.3 is 6.09 Å². The van der Waals surface area contributed by atoms with Crippen molar-refractivity contribution in [1.29, 1.82) is 0 Å². The Morgan fingerprint density at radius 2 is 1.84 bits per heavy atom. The van der Waals surface area contributed by atoms with Crippen molar-refractivity contribution in [2.75, 3.05) is 25.0 Å². The van der Waals surface area contributed by atoms with Crippen LogP contribution in [0.2, 0.25) is 0 Å². The number of aromatic nitrogens is 2. The van der Waals surface area contributed by atoms with Crippen LogP contribution >= 0.6 is 24.0 Å². The molecule has 1 amide bonds. The number of benzene rings is 1. The van der Waals surface area contributed by atoms with Crippen molar-refractivity contribution in [2.45, 2.75) is 52.6 Å². The number of guanidine groups is 1. The Hall–Kier alpha value is -2.30. The molecule has 1 aromatic heterocycles. The van der Waals surface area contributed by atoms with E-state index in [9.17, 15) is 4.79 Å². The Bertz CT molecular complexity index is 843. The maximum atomic E-state index is 11.8. The summed E-state index contributed by atoms with van der Waals surface area (Å²) in [6, 6.07) is 7.78. The number of hydrogen-bond donors (Lipinski definition) is 3. The van der Waals surface area contributed by atoms with E-state index in [2.05, 4.69) is 33.0 Å². The highest BCUT2D eigenvalue weighted by molar-refractivity contribution is 14.0. The molecule has 1 heterocycles. The van der Waals surface area contributed by atoms with Crippen molar-refractivity contribution >= 4 is 41.7 Å². The number of carbonyl (C=O) groups is 1. The Kier molecular flexibility index (Phi) is 12.1. The first kappa shape index (κ1) is 27.7. The van der Waals surface area contributed by atoms with Crippen LogP contribution in [-0.2, 0) is 24.6 Å². The Morgan fingerprint density at radius 1 is 1.12 bits per heavy atom. The predicted molar refractivity (Wildman–Crippen MR) is 141 cm³/mol. The van der Waals surface area contributed by atoms with Crippen LogP contribution in [0.4, 0.5) is 10.5 Å². The second-order valence-electron chi connectivity index (χ2n) is 8.39. The Labute approximate surface area is 208 Å². The van der Waals surface area contributed by atoms with Crippen molar-refractivity contribution in [3.05, 3.63) is 47.8 Å². The average Bonchev–Trinajstić information content (AvgIpc) is 3.10. The van der Waals surface area contributed by atoms with Crippen LogP contribution < -0.4 is 16.0 Å². The largest absolute Gasteiger partial charge is 0.444 e. The molecule has 0 unspecified atom stereocenters. The van der Waals surface area contributed by atoms with Gasteiger partial charge in [-0.2, -0.15) is 5.10 Å². The fourth-order valence-corrected chi connectivity index (χ4v) is 2.92. The summed E-state index contributed by atoms with van der Waals surface area (Å²) in [6.45, 7) is 9.93. The highest BCUT2D eigenvalue weighted by Crippen LogP contribution is 2.13. The number of aliphatic imine (C=N–C) groups is 1. The van der Waals surface area contributed by atoms with E-state index in [0.29, 0.717) is 0 Å². The standard InChI is InChI=1S/C23H36N6O2.HI/c1-6-24-21(25-14-7-8-19-16-27-29(5)17-19)26-15-13-18-9-11-20(12-10-18)28-22(30)31-23(2,3)4;/h9-12,16-17H,6-8,13-15H2,1-5H3,(H,28,30)(H2,24,25,26);1H. The second-order valence-corrected chi connectivity index (χ2v) is 8.39. The third-order valence-corrected chi connectivity index (χ3v) is 4.30. The molecule has 0 aliphatic heterocycles. The van der Waals surface area contributed by atoms with E-state index >= 15 is 0 Å². The van der Waals surface area contributed by atoms with Crippen LogP contribution in [0.25, 0.3) is 0 Å². The molecule has 2 rings (SSSR count). The summed E-state index contributed by atoms with van der Waals surface area (Å²) < 4.78 is 7.09. The quantitative estimate of drug-likeness (QED) is 0.187. The molecule has 0 atom stereocenters. The van der Waals surface area contributed by atoms with Gasteiger partial charge in [-0.3, -0.25) is 15.0 Å². The molecule has 3 N–H and O–H groups in total. The molecule has 178 valence electrons. The maximum absolute atomic E-state index is 11.8. The summed E-state index contributed by atoms with van der Waals surface area (Å²) in [7, 11) is 1.93. The molecule has 0 spiro atoms. The van der Waals surface area contributed by atoms with Gasteiger partial charge in [-0.05, 0) is 70.2 Å². The van der Waals surface area contributed by atoms with Crippen LogP contribution in [0.5, 0.6) is 0 Å². The van der Waals surface area contributed by atoms with E-state index in [0.717, 1.165) is 50.5 Å². The Balaban J connectivity index is 0.00000512. The smallest absolute Gasteiger partial charge is 0.412 e. The highest BCUT2D eigenvalue weighted by Gasteiger charge is 2.16. The number of ether oxygens (including phenoxy) is 1. The number of nitrogens with one attached hydrogen (secondary N) is 3. The van der Waals surface area contributed by atoms with Crippen molar-refractivity contribution in [3.63, 3.8) is 0 Å². The molecule has 0 saturated carbocycles.